The molecular formula is C15H22N2O2S2. The van der Waals surface area contributed by atoms with E-state index in [-0.39, 0.29) is 0 Å². The standard InChI is InChI=1S/C15H22N2O2S2/c1-18-12-6-10-16(14(12)20-3)8-5-9-17-11-7-13(19-2)15(17)21-4/h6-7,10-11H,5,8-9H2,1-4H3. The van der Waals surface area contributed by atoms with Gasteiger partial charge in [0.05, 0.1) is 14.2 Å². The van der Waals surface area contributed by atoms with E-state index in [0.29, 0.717) is 0 Å². The molecule has 6 heteroatoms. The van der Waals surface area contributed by atoms with Crippen LogP contribution in [0.25, 0.3) is 0 Å². The van der Waals surface area contributed by atoms with Crippen molar-refractivity contribution in [2.24, 2.45) is 0 Å². The molecule has 116 valence electrons. The van der Waals surface area contributed by atoms with Crippen LogP contribution in [-0.4, -0.2) is 35.9 Å². The zero-order chi connectivity index (χ0) is 15.2. The fraction of sp³-hybridized carbons (Fsp3) is 0.467. The number of aryl methyl sites for hydroxylation is 2. The molecule has 0 aromatic carbocycles. The summed E-state index contributed by atoms with van der Waals surface area (Å²) in [5.74, 6) is 1.91. The average molecular weight is 326 g/mol. The second-order valence-corrected chi connectivity index (χ2v) is 6.12. The van der Waals surface area contributed by atoms with E-state index >= 15 is 0 Å². The van der Waals surface area contributed by atoms with Gasteiger partial charge in [0.15, 0.2) is 11.5 Å². The van der Waals surface area contributed by atoms with Crippen LogP contribution in [0.2, 0.25) is 0 Å². The highest BCUT2D eigenvalue weighted by atomic mass is 32.2. The molecule has 2 aromatic heterocycles. The van der Waals surface area contributed by atoms with Gasteiger partial charge in [0.25, 0.3) is 0 Å². The molecule has 0 saturated carbocycles. The van der Waals surface area contributed by atoms with Crippen molar-refractivity contribution in [2.75, 3.05) is 26.7 Å². The molecule has 21 heavy (non-hydrogen) atoms. The first-order valence-corrected chi connectivity index (χ1v) is 9.24. The molecule has 0 aliphatic heterocycles. The zero-order valence-electron chi connectivity index (χ0n) is 13.0. The molecule has 0 saturated heterocycles. The lowest BCUT2D eigenvalue weighted by molar-refractivity contribution is 0.394. The molecule has 0 spiro atoms. The van der Waals surface area contributed by atoms with E-state index in [2.05, 4.69) is 34.0 Å². The minimum absolute atomic E-state index is 0.954. The topological polar surface area (TPSA) is 28.3 Å². The summed E-state index contributed by atoms with van der Waals surface area (Å²) in [5.41, 5.74) is 0. The second kappa shape index (κ2) is 7.75. The van der Waals surface area contributed by atoms with E-state index in [1.54, 1.807) is 37.7 Å². The maximum absolute atomic E-state index is 5.37. The summed E-state index contributed by atoms with van der Waals surface area (Å²) >= 11 is 3.44. The highest BCUT2D eigenvalue weighted by Gasteiger charge is 2.10. The molecule has 2 heterocycles. The monoisotopic (exact) mass is 326 g/mol. The Morgan fingerprint density at radius 3 is 1.62 bits per heavy atom. The predicted molar refractivity (Wildman–Crippen MR) is 90.1 cm³/mol. The Kier molecular flexibility index (Phi) is 5.99. The van der Waals surface area contributed by atoms with Crippen LogP contribution < -0.4 is 9.47 Å². The van der Waals surface area contributed by atoms with Crippen molar-refractivity contribution < 1.29 is 9.47 Å². The summed E-state index contributed by atoms with van der Waals surface area (Å²) in [6, 6.07) is 4.05. The zero-order valence-corrected chi connectivity index (χ0v) is 14.6. The van der Waals surface area contributed by atoms with Gasteiger partial charge in [0.1, 0.15) is 10.1 Å². The molecule has 0 bridgehead atoms. The summed E-state index contributed by atoms with van der Waals surface area (Å²) in [5, 5.41) is 2.38. The number of nitrogens with zero attached hydrogens (tertiary/aromatic N) is 2. The number of thioether (sulfide) groups is 2. The van der Waals surface area contributed by atoms with Gasteiger partial charge in [0, 0.05) is 25.5 Å². The molecule has 0 amide bonds. The van der Waals surface area contributed by atoms with Gasteiger partial charge >= 0.3 is 0 Å². The van der Waals surface area contributed by atoms with E-state index in [1.807, 2.05) is 12.1 Å². The van der Waals surface area contributed by atoms with Crippen LogP contribution in [-0.2, 0) is 13.1 Å². The summed E-state index contributed by atoms with van der Waals surface area (Å²) in [7, 11) is 3.44. The number of ether oxygens (including phenoxy) is 2. The van der Waals surface area contributed by atoms with Crippen LogP contribution in [0.3, 0.4) is 0 Å². The summed E-state index contributed by atoms with van der Waals surface area (Å²) in [4.78, 5) is 0. The normalized spacial score (nSPS) is 10.9. The maximum atomic E-state index is 5.37. The first-order chi connectivity index (χ1) is 10.2. The summed E-state index contributed by atoms with van der Waals surface area (Å²) in [6.45, 7) is 1.96. The largest absolute Gasteiger partial charge is 0.494 e. The SMILES string of the molecule is COc1ccn(CCCn2ccc(OC)c2SC)c1SC. The predicted octanol–water partition coefficient (Wildman–Crippen LogP) is 3.84. The molecule has 0 aliphatic carbocycles. The van der Waals surface area contributed by atoms with Gasteiger partial charge < -0.3 is 18.6 Å². The third-order valence-electron chi connectivity index (χ3n) is 3.38. The lowest BCUT2D eigenvalue weighted by Crippen LogP contribution is -2.04. The van der Waals surface area contributed by atoms with E-state index in [0.717, 1.165) is 31.0 Å². The fourth-order valence-electron chi connectivity index (χ4n) is 2.39. The minimum Gasteiger partial charge on any atom is -0.494 e. The highest BCUT2D eigenvalue weighted by molar-refractivity contribution is 7.98. The van der Waals surface area contributed by atoms with Crippen molar-refractivity contribution in [1.82, 2.24) is 9.13 Å². The van der Waals surface area contributed by atoms with Gasteiger partial charge in [-0.05, 0) is 31.1 Å². The van der Waals surface area contributed by atoms with Crippen molar-refractivity contribution in [2.45, 2.75) is 29.6 Å². The Labute approximate surface area is 134 Å². The number of hydrogen-bond donors (Lipinski definition) is 0. The molecule has 4 nitrogen and oxygen atoms in total. The maximum Gasteiger partial charge on any atom is 0.150 e. The number of aromatic nitrogens is 2. The Bertz CT molecular complexity index is 528. The molecular weight excluding hydrogens is 304 g/mol. The second-order valence-electron chi connectivity index (χ2n) is 4.53. The van der Waals surface area contributed by atoms with Gasteiger partial charge in [-0.15, -0.1) is 23.5 Å². The third-order valence-corrected chi connectivity index (χ3v) is 5.02. The van der Waals surface area contributed by atoms with Crippen molar-refractivity contribution >= 4 is 23.5 Å². The van der Waals surface area contributed by atoms with E-state index in [1.165, 1.54) is 10.1 Å². The average Bonchev–Trinajstić information content (AvgIpc) is 3.09. The molecule has 2 aromatic rings. The third kappa shape index (κ3) is 3.55. The van der Waals surface area contributed by atoms with Crippen LogP contribution in [0, 0.1) is 0 Å². The van der Waals surface area contributed by atoms with Crippen LogP contribution in [0.4, 0.5) is 0 Å². The molecule has 2 rings (SSSR count). The van der Waals surface area contributed by atoms with Crippen molar-refractivity contribution in [3.8, 4) is 11.5 Å². The molecule has 0 N–H and O–H groups in total. The van der Waals surface area contributed by atoms with Gasteiger partial charge in [-0.25, -0.2) is 0 Å². The summed E-state index contributed by atoms with van der Waals surface area (Å²) < 4.78 is 15.2. The smallest absolute Gasteiger partial charge is 0.150 e. The number of methoxy groups -OCH3 is 2. The van der Waals surface area contributed by atoms with Gasteiger partial charge in [-0.1, -0.05) is 0 Å². The number of hydrogen-bond acceptors (Lipinski definition) is 4. The van der Waals surface area contributed by atoms with Crippen molar-refractivity contribution in [3.63, 3.8) is 0 Å². The van der Waals surface area contributed by atoms with Crippen LogP contribution in [0.1, 0.15) is 6.42 Å². The van der Waals surface area contributed by atoms with E-state index in [9.17, 15) is 0 Å². The Morgan fingerprint density at radius 2 is 1.29 bits per heavy atom. The van der Waals surface area contributed by atoms with Gasteiger partial charge in [-0.2, -0.15) is 0 Å². The van der Waals surface area contributed by atoms with E-state index < -0.39 is 0 Å². The quantitative estimate of drug-likeness (QED) is 0.689. The molecule has 0 fully saturated rings. The van der Waals surface area contributed by atoms with Gasteiger partial charge in [0.2, 0.25) is 0 Å². The molecule has 0 aliphatic rings. The number of rotatable bonds is 8. The Hall–Kier alpha value is -1.14. The van der Waals surface area contributed by atoms with Crippen molar-refractivity contribution in [1.29, 1.82) is 0 Å². The summed E-state index contributed by atoms with van der Waals surface area (Å²) in [6.07, 6.45) is 9.41. The van der Waals surface area contributed by atoms with Gasteiger partial charge in [-0.3, -0.25) is 0 Å². The molecule has 0 radical (unpaired) electrons. The first kappa shape index (κ1) is 16.2. The Morgan fingerprint density at radius 1 is 0.857 bits per heavy atom. The fourth-order valence-corrected chi connectivity index (χ4v) is 3.86. The van der Waals surface area contributed by atoms with E-state index in [4.69, 9.17) is 9.47 Å². The Balaban J connectivity index is 1.98. The lowest BCUT2D eigenvalue weighted by atomic mass is 10.4. The van der Waals surface area contributed by atoms with Crippen LogP contribution in [0.5, 0.6) is 11.5 Å². The molecule has 0 atom stereocenters. The first-order valence-electron chi connectivity index (χ1n) is 6.79. The van der Waals surface area contributed by atoms with Crippen LogP contribution in [0.15, 0.2) is 34.6 Å². The lowest BCUT2D eigenvalue weighted by Gasteiger charge is -2.11. The minimum atomic E-state index is 0.954. The van der Waals surface area contributed by atoms with Crippen molar-refractivity contribution in [3.05, 3.63) is 24.5 Å². The van der Waals surface area contributed by atoms with Crippen LogP contribution >= 0.6 is 23.5 Å². The highest BCUT2D eigenvalue weighted by Crippen LogP contribution is 2.30. The molecule has 0 unspecified atom stereocenters.